The van der Waals surface area contributed by atoms with Gasteiger partial charge in [0.25, 0.3) is 0 Å². The largest absolute Gasteiger partial charge is 0.368 e. The molecule has 1 aromatic carbocycles. The van der Waals surface area contributed by atoms with Gasteiger partial charge in [-0.2, -0.15) is 0 Å². The van der Waals surface area contributed by atoms with Crippen LogP contribution in [0.5, 0.6) is 0 Å². The first-order valence-electron chi connectivity index (χ1n) is 5.67. The summed E-state index contributed by atoms with van der Waals surface area (Å²) in [5.74, 6) is -0.614. The van der Waals surface area contributed by atoms with E-state index >= 15 is 0 Å². The number of hydrogen-bond donors (Lipinski definition) is 2. The van der Waals surface area contributed by atoms with Crippen molar-refractivity contribution in [3.05, 3.63) is 29.8 Å². The zero-order valence-electron chi connectivity index (χ0n) is 9.52. The van der Waals surface area contributed by atoms with E-state index in [1.807, 2.05) is 24.3 Å². The summed E-state index contributed by atoms with van der Waals surface area (Å²) in [6.07, 6.45) is 0.328. The van der Waals surface area contributed by atoms with Gasteiger partial charge in [-0.25, -0.2) is 4.42 Å². The van der Waals surface area contributed by atoms with Crippen LogP contribution in [0.3, 0.4) is 0 Å². The first-order chi connectivity index (χ1) is 8.54. The van der Waals surface area contributed by atoms with Gasteiger partial charge in [0.1, 0.15) is 6.04 Å². The van der Waals surface area contributed by atoms with Crippen molar-refractivity contribution in [2.75, 3.05) is 11.9 Å². The van der Waals surface area contributed by atoms with Crippen molar-refractivity contribution in [2.45, 2.75) is 17.9 Å². The minimum atomic E-state index is -0.752. The lowest BCUT2D eigenvalue weighted by molar-refractivity contribution is -0.121. The molecule has 0 aliphatic carbocycles. The lowest BCUT2D eigenvalue weighted by atomic mass is 9.79. The minimum Gasteiger partial charge on any atom is -0.368 e. The van der Waals surface area contributed by atoms with Crippen molar-refractivity contribution in [1.82, 2.24) is 4.42 Å². The second-order valence-corrected chi connectivity index (χ2v) is 5.20. The fourth-order valence-corrected chi connectivity index (χ4v) is 3.20. The number of nitrogens with one attached hydrogen (secondary N) is 1. The number of anilines is 1. The predicted molar refractivity (Wildman–Crippen MR) is 66.9 cm³/mol. The molecule has 6 heteroatoms. The van der Waals surface area contributed by atoms with Crippen LogP contribution in [0.1, 0.15) is 12.0 Å². The van der Waals surface area contributed by atoms with Gasteiger partial charge in [0.2, 0.25) is 11.8 Å². The van der Waals surface area contributed by atoms with E-state index in [0.717, 1.165) is 11.3 Å². The van der Waals surface area contributed by atoms with E-state index in [0.29, 0.717) is 13.0 Å². The highest BCUT2D eigenvalue weighted by molar-refractivity contribution is 6.17. The van der Waals surface area contributed by atoms with Gasteiger partial charge in [0.05, 0.1) is 5.41 Å². The van der Waals surface area contributed by atoms with Crippen LogP contribution in [0.25, 0.3) is 0 Å². The van der Waals surface area contributed by atoms with Gasteiger partial charge in [-0.05, 0) is 29.8 Å². The molecule has 0 radical (unpaired) electrons. The molecule has 1 spiro atoms. The van der Waals surface area contributed by atoms with Crippen molar-refractivity contribution in [3.63, 3.8) is 0 Å². The molecule has 1 aromatic rings. The first-order valence-corrected chi connectivity index (χ1v) is 6.01. The standard InChI is InChI=1S/C12H12ClN3O2/c13-16-6-12(5-9(16)10(14)17)7-3-1-2-4-8(7)15-11(12)18/h1-4,9H,5-6H2,(H2,14,17)(H,15,18)/t9-,12-/m0/s1. The zero-order chi connectivity index (χ0) is 12.9. The molecule has 2 amide bonds. The molecule has 3 N–H and O–H groups in total. The number of carbonyl (C=O) groups excluding carboxylic acids is 2. The van der Waals surface area contributed by atoms with Crippen LogP contribution >= 0.6 is 11.8 Å². The molecule has 1 saturated heterocycles. The molecule has 0 aromatic heterocycles. The number of nitrogens with zero attached hydrogens (tertiary/aromatic N) is 1. The third-order valence-electron chi connectivity index (χ3n) is 3.75. The Morgan fingerprint density at radius 1 is 1.50 bits per heavy atom. The van der Waals surface area contributed by atoms with Crippen molar-refractivity contribution in [1.29, 1.82) is 0 Å². The molecule has 0 saturated carbocycles. The minimum absolute atomic E-state index is 0.113. The number of para-hydroxylation sites is 1. The molecule has 2 aliphatic heterocycles. The maximum Gasteiger partial charge on any atom is 0.236 e. The summed E-state index contributed by atoms with van der Waals surface area (Å²) < 4.78 is 1.34. The summed E-state index contributed by atoms with van der Waals surface area (Å²) in [6.45, 7) is 0.297. The van der Waals surface area contributed by atoms with Crippen LogP contribution in [0, 0.1) is 0 Å². The van der Waals surface area contributed by atoms with Gasteiger partial charge in [-0.15, -0.1) is 0 Å². The molecule has 0 bridgehead atoms. The lowest BCUT2D eigenvalue weighted by Gasteiger charge is -2.19. The van der Waals surface area contributed by atoms with E-state index in [2.05, 4.69) is 5.32 Å². The van der Waals surface area contributed by atoms with Crippen LogP contribution < -0.4 is 11.1 Å². The van der Waals surface area contributed by atoms with Crippen molar-refractivity contribution in [2.24, 2.45) is 5.73 Å². The van der Waals surface area contributed by atoms with Gasteiger partial charge < -0.3 is 11.1 Å². The molecule has 5 nitrogen and oxygen atoms in total. The smallest absolute Gasteiger partial charge is 0.236 e. The Bertz CT molecular complexity index is 548. The Balaban J connectivity index is 2.07. The molecule has 94 valence electrons. The van der Waals surface area contributed by atoms with Crippen LogP contribution in [0.4, 0.5) is 5.69 Å². The Labute approximate surface area is 109 Å². The fourth-order valence-electron chi connectivity index (χ4n) is 2.83. The Morgan fingerprint density at radius 3 is 2.89 bits per heavy atom. The Morgan fingerprint density at radius 2 is 2.22 bits per heavy atom. The molecule has 18 heavy (non-hydrogen) atoms. The maximum atomic E-state index is 12.2. The van der Waals surface area contributed by atoms with Crippen molar-refractivity contribution in [3.8, 4) is 0 Å². The van der Waals surface area contributed by atoms with Crippen LogP contribution in [-0.2, 0) is 15.0 Å². The molecule has 2 atom stereocenters. The zero-order valence-corrected chi connectivity index (χ0v) is 10.3. The van der Waals surface area contributed by atoms with E-state index < -0.39 is 17.4 Å². The predicted octanol–water partition coefficient (Wildman–Crippen LogP) is 0.590. The second-order valence-electron chi connectivity index (χ2n) is 4.76. The fraction of sp³-hybridized carbons (Fsp3) is 0.333. The molecule has 2 heterocycles. The van der Waals surface area contributed by atoms with E-state index in [9.17, 15) is 9.59 Å². The van der Waals surface area contributed by atoms with E-state index in [-0.39, 0.29) is 5.91 Å². The number of fused-ring (bicyclic) bond motifs is 2. The molecular weight excluding hydrogens is 254 g/mol. The summed E-state index contributed by atoms with van der Waals surface area (Å²) in [5.41, 5.74) is 6.24. The Kier molecular flexibility index (Phi) is 2.36. The topological polar surface area (TPSA) is 75.4 Å². The number of nitrogens with two attached hydrogens (primary N) is 1. The Hall–Kier alpha value is -1.59. The number of rotatable bonds is 1. The third-order valence-corrected chi connectivity index (χ3v) is 4.11. The van der Waals surface area contributed by atoms with Crippen LogP contribution in [0.2, 0.25) is 0 Å². The molecule has 1 fully saturated rings. The number of halogens is 1. The highest BCUT2D eigenvalue weighted by atomic mass is 35.5. The van der Waals surface area contributed by atoms with Gasteiger partial charge in [0, 0.05) is 12.2 Å². The van der Waals surface area contributed by atoms with Gasteiger partial charge in [-0.1, -0.05) is 18.2 Å². The highest BCUT2D eigenvalue weighted by Gasteiger charge is 2.55. The average molecular weight is 266 g/mol. The second kappa shape index (κ2) is 3.70. The van der Waals surface area contributed by atoms with Crippen LogP contribution in [-0.4, -0.2) is 28.8 Å². The number of benzene rings is 1. The highest BCUT2D eigenvalue weighted by Crippen LogP contribution is 2.46. The molecule has 0 unspecified atom stereocenters. The monoisotopic (exact) mass is 265 g/mol. The third kappa shape index (κ3) is 1.38. The summed E-state index contributed by atoms with van der Waals surface area (Å²) in [4.78, 5) is 23.6. The van der Waals surface area contributed by atoms with E-state index in [4.69, 9.17) is 17.5 Å². The average Bonchev–Trinajstić information content (AvgIpc) is 2.81. The van der Waals surface area contributed by atoms with Crippen molar-refractivity contribution >= 4 is 29.3 Å². The number of carbonyl (C=O) groups is 2. The summed E-state index contributed by atoms with van der Waals surface area (Å²) in [5, 5.41) is 2.83. The van der Waals surface area contributed by atoms with E-state index in [1.165, 1.54) is 4.42 Å². The summed E-state index contributed by atoms with van der Waals surface area (Å²) in [6, 6.07) is 6.86. The van der Waals surface area contributed by atoms with Gasteiger partial charge in [0.15, 0.2) is 0 Å². The van der Waals surface area contributed by atoms with Gasteiger partial charge >= 0.3 is 0 Å². The molecular formula is C12H12ClN3O2. The number of hydrogen-bond acceptors (Lipinski definition) is 3. The van der Waals surface area contributed by atoms with Crippen LogP contribution in [0.15, 0.2) is 24.3 Å². The first kappa shape index (κ1) is 11.5. The van der Waals surface area contributed by atoms with E-state index in [1.54, 1.807) is 0 Å². The summed E-state index contributed by atoms with van der Waals surface area (Å²) in [7, 11) is 0. The normalized spacial score (nSPS) is 30.5. The number of amides is 2. The SMILES string of the molecule is NC(=O)[C@@H]1C[C@@]2(CN1Cl)C(=O)Nc1ccccc12. The van der Waals surface area contributed by atoms with Gasteiger partial charge in [-0.3, -0.25) is 9.59 Å². The molecule has 2 aliphatic rings. The van der Waals surface area contributed by atoms with Crippen molar-refractivity contribution < 1.29 is 9.59 Å². The summed E-state index contributed by atoms with van der Waals surface area (Å²) >= 11 is 6.03. The quantitative estimate of drug-likeness (QED) is 0.730. The number of primary amides is 1. The maximum absolute atomic E-state index is 12.2. The lowest BCUT2D eigenvalue weighted by Crippen LogP contribution is -2.36. The molecule has 3 rings (SSSR count).